The molecule has 15 heavy (non-hydrogen) atoms. The van der Waals surface area contributed by atoms with Crippen LogP contribution in [0.4, 0.5) is 0 Å². The van der Waals surface area contributed by atoms with Crippen LogP contribution in [0.15, 0.2) is 15.9 Å². The van der Waals surface area contributed by atoms with Gasteiger partial charge < -0.3 is 10.6 Å². The molecular weight excluding hydrogens is 272 g/mol. The van der Waals surface area contributed by atoms with E-state index in [1.165, 1.54) is 22.2 Å². The van der Waals surface area contributed by atoms with Gasteiger partial charge in [-0.25, -0.2) is 0 Å². The topological polar surface area (TPSA) is 24.1 Å². The Hall–Kier alpha value is 0.1000. The Kier molecular flexibility index (Phi) is 4.62. The average Bonchev–Trinajstić information content (AvgIpc) is 2.95. The minimum atomic E-state index is 0.833. The van der Waals surface area contributed by atoms with Crippen LogP contribution in [0.5, 0.6) is 0 Å². The number of rotatable bonds is 7. The summed E-state index contributed by atoms with van der Waals surface area (Å²) in [6, 6.07) is 3.04. The SMILES string of the molecule is Brc1csc(CCNCCNC2CC2)c1. The second kappa shape index (κ2) is 5.99. The molecule has 0 aromatic carbocycles. The van der Waals surface area contributed by atoms with E-state index in [4.69, 9.17) is 0 Å². The Labute approximate surface area is 104 Å². The molecule has 1 aliphatic carbocycles. The minimum Gasteiger partial charge on any atom is -0.315 e. The van der Waals surface area contributed by atoms with Gasteiger partial charge in [-0.15, -0.1) is 11.3 Å². The molecule has 0 unspecified atom stereocenters. The molecule has 0 saturated heterocycles. The molecule has 1 heterocycles. The molecule has 1 saturated carbocycles. The first-order valence-corrected chi connectivity index (χ1v) is 7.19. The second-order valence-electron chi connectivity index (χ2n) is 3.96. The monoisotopic (exact) mass is 288 g/mol. The molecule has 4 heteroatoms. The Morgan fingerprint density at radius 3 is 2.87 bits per heavy atom. The van der Waals surface area contributed by atoms with Crippen molar-refractivity contribution in [2.45, 2.75) is 25.3 Å². The van der Waals surface area contributed by atoms with E-state index in [9.17, 15) is 0 Å². The van der Waals surface area contributed by atoms with Gasteiger partial charge in [-0.1, -0.05) is 0 Å². The number of nitrogens with one attached hydrogen (secondary N) is 2. The standard InChI is InChI=1S/C11H17BrN2S/c12-9-7-11(15-8-9)3-4-13-5-6-14-10-1-2-10/h7-8,10,13-14H,1-6H2. The Balaban J connectivity index is 1.47. The van der Waals surface area contributed by atoms with E-state index in [0.29, 0.717) is 0 Å². The molecule has 0 radical (unpaired) electrons. The quantitative estimate of drug-likeness (QED) is 0.753. The summed E-state index contributed by atoms with van der Waals surface area (Å²) in [5.74, 6) is 0. The summed E-state index contributed by atoms with van der Waals surface area (Å²) >= 11 is 5.29. The van der Waals surface area contributed by atoms with Gasteiger partial charge in [0.2, 0.25) is 0 Å². The van der Waals surface area contributed by atoms with Gasteiger partial charge in [0.15, 0.2) is 0 Å². The molecular formula is C11H17BrN2S. The van der Waals surface area contributed by atoms with Gasteiger partial charge in [-0.05, 0) is 41.3 Å². The van der Waals surface area contributed by atoms with Crippen LogP contribution in [-0.4, -0.2) is 25.7 Å². The molecule has 2 rings (SSSR count). The molecule has 1 aliphatic rings. The number of hydrogen-bond donors (Lipinski definition) is 2. The zero-order valence-corrected chi connectivity index (χ0v) is 11.2. The van der Waals surface area contributed by atoms with Crippen LogP contribution in [0, 0.1) is 0 Å². The summed E-state index contributed by atoms with van der Waals surface area (Å²) in [5.41, 5.74) is 0. The van der Waals surface area contributed by atoms with E-state index in [2.05, 4.69) is 38.0 Å². The predicted octanol–water partition coefficient (Wildman–Crippen LogP) is 2.39. The van der Waals surface area contributed by atoms with E-state index < -0.39 is 0 Å². The van der Waals surface area contributed by atoms with Gasteiger partial charge in [-0.3, -0.25) is 0 Å². The summed E-state index contributed by atoms with van der Waals surface area (Å²) in [6.45, 7) is 3.28. The van der Waals surface area contributed by atoms with Gasteiger partial charge in [0.1, 0.15) is 0 Å². The molecule has 1 aromatic heterocycles. The summed E-state index contributed by atoms with van der Waals surface area (Å²) in [5, 5.41) is 9.09. The average molecular weight is 289 g/mol. The molecule has 0 bridgehead atoms. The summed E-state index contributed by atoms with van der Waals surface area (Å²) in [4.78, 5) is 1.45. The van der Waals surface area contributed by atoms with Crippen molar-refractivity contribution < 1.29 is 0 Å². The smallest absolute Gasteiger partial charge is 0.0285 e. The maximum Gasteiger partial charge on any atom is 0.0285 e. The lowest BCUT2D eigenvalue weighted by molar-refractivity contribution is 0.610. The fraction of sp³-hybridized carbons (Fsp3) is 0.636. The van der Waals surface area contributed by atoms with Crippen LogP contribution >= 0.6 is 27.3 Å². The molecule has 1 fully saturated rings. The van der Waals surface area contributed by atoms with E-state index in [-0.39, 0.29) is 0 Å². The summed E-state index contributed by atoms with van der Waals surface area (Å²) in [6.07, 6.45) is 3.89. The fourth-order valence-corrected chi connectivity index (χ4v) is 2.93. The third-order valence-electron chi connectivity index (χ3n) is 2.48. The van der Waals surface area contributed by atoms with Gasteiger partial charge in [0.05, 0.1) is 0 Å². The first kappa shape index (κ1) is 11.6. The maximum atomic E-state index is 3.49. The van der Waals surface area contributed by atoms with Crippen molar-refractivity contribution in [1.29, 1.82) is 0 Å². The van der Waals surface area contributed by atoms with Crippen LogP contribution in [-0.2, 0) is 6.42 Å². The normalized spacial score (nSPS) is 15.8. The van der Waals surface area contributed by atoms with E-state index in [1.54, 1.807) is 0 Å². The number of thiophene rings is 1. The van der Waals surface area contributed by atoms with Crippen molar-refractivity contribution in [1.82, 2.24) is 10.6 Å². The van der Waals surface area contributed by atoms with E-state index in [1.807, 2.05) is 11.3 Å². The largest absolute Gasteiger partial charge is 0.315 e. The lowest BCUT2D eigenvalue weighted by Crippen LogP contribution is -2.29. The van der Waals surface area contributed by atoms with Gasteiger partial charge >= 0.3 is 0 Å². The van der Waals surface area contributed by atoms with Crippen LogP contribution in [0.25, 0.3) is 0 Å². The molecule has 2 nitrogen and oxygen atoms in total. The van der Waals surface area contributed by atoms with Crippen LogP contribution in [0.2, 0.25) is 0 Å². The van der Waals surface area contributed by atoms with Crippen molar-refractivity contribution in [3.05, 3.63) is 20.8 Å². The first-order chi connectivity index (χ1) is 7.34. The van der Waals surface area contributed by atoms with E-state index in [0.717, 1.165) is 32.1 Å². The molecule has 0 atom stereocenters. The Bertz CT molecular complexity index is 297. The van der Waals surface area contributed by atoms with Crippen molar-refractivity contribution >= 4 is 27.3 Å². The van der Waals surface area contributed by atoms with Gasteiger partial charge in [0.25, 0.3) is 0 Å². The molecule has 0 aliphatic heterocycles. The molecule has 0 amide bonds. The zero-order chi connectivity index (χ0) is 10.5. The maximum absolute atomic E-state index is 3.49. The lowest BCUT2D eigenvalue weighted by atomic mass is 10.3. The fourth-order valence-electron chi connectivity index (χ4n) is 1.47. The third kappa shape index (κ3) is 4.64. The molecule has 84 valence electrons. The lowest BCUT2D eigenvalue weighted by Gasteiger charge is -2.04. The highest BCUT2D eigenvalue weighted by atomic mass is 79.9. The Morgan fingerprint density at radius 1 is 1.33 bits per heavy atom. The summed E-state index contributed by atoms with van der Waals surface area (Å²) < 4.78 is 1.21. The van der Waals surface area contributed by atoms with Crippen molar-refractivity contribution in [3.63, 3.8) is 0 Å². The van der Waals surface area contributed by atoms with Crippen molar-refractivity contribution in [3.8, 4) is 0 Å². The second-order valence-corrected chi connectivity index (χ2v) is 5.87. The highest BCUT2D eigenvalue weighted by Gasteiger charge is 2.19. The number of halogens is 1. The van der Waals surface area contributed by atoms with Crippen LogP contribution < -0.4 is 10.6 Å². The van der Waals surface area contributed by atoms with Crippen molar-refractivity contribution in [2.75, 3.05) is 19.6 Å². The highest BCUT2D eigenvalue weighted by molar-refractivity contribution is 9.10. The third-order valence-corrected chi connectivity index (χ3v) is 4.24. The van der Waals surface area contributed by atoms with Gasteiger partial charge in [-0.2, -0.15) is 0 Å². The summed E-state index contributed by atoms with van der Waals surface area (Å²) in [7, 11) is 0. The zero-order valence-electron chi connectivity index (χ0n) is 8.76. The number of hydrogen-bond acceptors (Lipinski definition) is 3. The van der Waals surface area contributed by atoms with Crippen LogP contribution in [0.1, 0.15) is 17.7 Å². The molecule has 2 N–H and O–H groups in total. The molecule has 1 aromatic rings. The molecule has 0 spiro atoms. The van der Waals surface area contributed by atoms with Crippen molar-refractivity contribution in [2.24, 2.45) is 0 Å². The van der Waals surface area contributed by atoms with Crippen LogP contribution in [0.3, 0.4) is 0 Å². The Morgan fingerprint density at radius 2 is 2.20 bits per heavy atom. The predicted molar refractivity (Wildman–Crippen MR) is 69.6 cm³/mol. The minimum absolute atomic E-state index is 0.833. The first-order valence-electron chi connectivity index (χ1n) is 5.51. The van der Waals surface area contributed by atoms with E-state index >= 15 is 0 Å². The van der Waals surface area contributed by atoms with Gasteiger partial charge in [0, 0.05) is 40.4 Å². The highest BCUT2D eigenvalue weighted by Crippen LogP contribution is 2.19.